The highest BCUT2D eigenvalue weighted by atomic mass is 16.7. The van der Waals surface area contributed by atoms with Crippen LogP contribution in [0.3, 0.4) is 0 Å². The average molecular weight is 1230 g/mol. The quantitative estimate of drug-likeness (QED) is 0.0383. The lowest BCUT2D eigenvalue weighted by atomic mass is 9.94. The van der Waals surface area contributed by atoms with Gasteiger partial charge in [-0.1, -0.05) is 76.8 Å². The zero-order valence-corrected chi connectivity index (χ0v) is 47.3. The molecule has 0 aliphatic carbocycles. The molecule has 2 aliphatic heterocycles. The molecule has 0 radical (unpaired) electrons. The second-order valence-electron chi connectivity index (χ2n) is 20.9. The van der Waals surface area contributed by atoms with Crippen LogP contribution in [0.2, 0.25) is 0 Å². The number of unbranched alkanes of at least 4 members (excludes halogenated alkanes) is 8. The molecule has 24 N–H and O–H groups in total. The van der Waals surface area contributed by atoms with E-state index >= 15 is 0 Å². The number of benzene rings is 1. The molecule has 2 heterocycles. The van der Waals surface area contributed by atoms with E-state index < -0.39 is 214 Å². The Balaban J connectivity index is 2.17. The largest absolute Gasteiger partial charge is 0.508 e. The summed E-state index contributed by atoms with van der Waals surface area (Å²) in [5.41, 5.74) is 15.8. The zero-order chi connectivity index (χ0) is 64.4. The Morgan fingerprint density at radius 2 is 1.12 bits per heavy atom. The standard InChI is InChI=1S/C52H83N11O23/c1-2-3-4-5-6-7-8-9-10-11-33(86-52-44(77)42(75)32(68)23-85-52)41(74)31(67)16-25-17-36(71)59-29(21-64)48(81)62-38(40(73)24-12-14-26(66)15-13-24)51(84)60-27(18-34(53)69)46(79)56-20-37(72)58-28(19-35(54)70)47(80)61-30(22-65)49(82)63-39(50(83)57-25)43(76)45(55)78/h12-15,25,27-33,38-44,52,64-68,73-77H,2-11,16-23H2,1H3,(H2,53,69)(H2,54,70)(H2,55,78)(H,56,79)(H,57,83)(H,58,72)(H,59,71)(H,60,84)(H,61,80)(H,62,81)(H,63,82)/t25?,27-,28?,29-,30+,31?,32-,33?,38?,39?,40?,41?,42+,43+,44-,52+/m1/s1. The predicted octanol–water partition coefficient (Wildman–Crippen LogP) is -9.22. The van der Waals surface area contributed by atoms with Crippen LogP contribution >= 0.6 is 0 Å². The fourth-order valence-electron chi connectivity index (χ4n) is 9.08. The Morgan fingerprint density at radius 3 is 1.67 bits per heavy atom. The van der Waals surface area contributed by atoms with Crippen molar-refractivity contribution in [2.75, 3.05) is 26.4 Å². The van der Waals surface area contributed by atoms with E-state index in [9.17, 15) is 104 Å². The van der Waals surface area contributed by atoms with E-state index in [1.54, 1.807) is 0 Å². The number of amides is 11. The number of ether oxygens (including phenoxy) is 2. The fraction of sp³-hybridized carbons (Fsp3) is 0.673. The Morgan fingerprint density at radius 1 is 0.616 bits per heavy atom. The lowest BCUT2D eigenvalue weighted by Gasteiger charge is -2.38. The van der Waals surface area contributed by atoms with Gasteiger partial charge in [0.25, 0.3) is 0 Å². The molecule has 1 aromatic rings. The number of nitrogens with two attached hydrogens (primary N) is 3. The van der Waals surface area contributed by atoms with Crippen molar-refractivity contribution in [2.24, 2.45) is 17.2 Å². The molecule has 0 aromatic heterocycles. The van der Waals surface area contributed by atoms with Crippen molar-refractivity contribution in [3.63, 3.8) is 0 Å². The number of hydrogen-bond acceptors (Lipinski definition) is 23. The number of rotatable bonds is 26. The van der Waals surface area contributed by atoms with E-state index in [1.165, 1.54) is 0 Å². The van der Waals surface area contributed by atoms with Gasteiger partial charge in [-0.2, -0.15) is 0 Å². The van der Waals surface area contributed by atoms with Crippen molar-refractivity contribution < 1.29 is 113 Å². The normalized spacial score (nSPS) is 27.3. The summed E-state index contributed by atoms with van der Waals surface area (Å²) in [5.74, 6) is -15.9. The first-order valence-electron chi connectivity index (χ1n) is 27.9. The van der Waals surface area contributed by atoms with Gasteiger partial charge in [-0.15, -0.1) is 0 Å². The van der Waals surface area contributed by atoms with Crippen molar-refractivity contribution in [3.8, 4) is 5.75 Å². The van der Waals surface area contributed by atoms with Crippen LogP contribution in [0.4, 0.5) is 0 Å². The third-order valence-electron chi connectivity index (χ3n) is 13.9. The fourth-order valence-corrected chi connectivity index (χ4v) is 9.08. The molecule has 2 saturated heterocycles. The van der Waals surface area contributed by atoms with Gasteiger partial charge >= 0.3 is 0 Å². The number of phenolic OH excluding ortho intramolecular Hbond substituents is 1. The molecule has 2 fully saturated rings. The number of aliphatic hydroxyl groups is 9. The predicted molar refractivity (Wildman–Crippen MR) is 292 cm³/mol. The average Bonchev–Trinajstić information content (AvgIpc) is 3.43. The van der Waals surface area contributed by atoms with Crippen molar-refractivity contribution in [3.05, 3.63) is 29.8 Å². The molecular weight excluding hydrogens is 1150 g/mol. The maximum absolute atomic E-state index is 14.2. The Labute approximate surface area is 493 Å². The highest BCUT2D eigenvalue weighted by Gasteiger charge is 2.43. The van der Waals surface area contributed by atoms with Crippen LogP contribution in [-0.4, -0.2) is 234 Å². The SMILES string of the molecule is CCCCCCCCCCCC(O[C@@H]1OC[C@@H](O)[C@H](O)[C@H]1O)C(O)C(O)CC1CC(=O)N[C@H](CO)C(=O)NC(C(O)c2ccc(O)cc2)C(=O)N[C@H](CC(N)=O)C(=O)NCC(=O)NC(CC(N)=O)C(=O)N[C@@H](CO)C(=O)NC([C@H](O)C(N)=O)C(=O)N1. The van der Waals surface area contributed by atoms with Crippen LogP contribution in [0.15, 0.2) is 24.3 Å². The monoisotopic (exact) mass is 1230 g/mol. The molecule has 1 aromatic carbocycles. The summed E-state index contributed by atoms with van der Waals surface area (Å²) < 4.78 is 11.3. The summed E-state index contributed by atoms with van der Waals surface area (Å²) in [6, 6.07) is -10.6. The number of phenols is 1. The molecule has 3 rings (SSSR count). The van der Waals surface area contributed by atoms with E-state index in [-0.39, 0.29) is 17.7 Å². The number of nitrogens with one attached hydrogen (secondary N) is 8. The number of primary amides is 3. The van der Waals surface area contributed by atoms with Crippen LogP contribution in [-0.2, 0) is 62.2 Å². The van der Waals surface area contributed by atoms with Crippen LogP contribution in [0, 0.1) is 0 Å². The Hall–Kier alpha value is -7.25. The van der Waals surface area contributed by atoms with Gasteiger partial charge in [0.1, 0.15) is 72.5 Å². The molecule has 0 saturated carbocycles. The molecule has 2 aliphatic rings. The van der Waals surface area contributed by atoms with Crippen LogP contribution in [0.25, 0.3) is 0 Å². The second kappa shape index (κ2) is 36.7. The molecule has 34 nitrogen and oxygen atoms in total. The van der Waals surface area contributed by atoms with Gasteiger partial charge in [-0.25, -0.2) is 0 Å². The van der Waals surface area contributed by atoms with Gasteiger partial charge in [0.05, 0.1) is 51.4 Å². The lowest BCUT2D eigenvalue weighted by Crippen LogP contribution is -2.63. The summed E-state index contributed by atoms with van der Waals surface area (Å²) in [4.78, 5) is 147. The summed E-state index contributed by atoms with van der Waals surface area (Å²) in [7, 11) is 0. The van der Waals surface area contributed by atoms with E-state index in [0.717, 1.165) is 69.2 Å². The van der Waals surface area contributed by atoms with Crippen molar-refractivity contribution in [2.45, 2.75) is 194 Å². The number of aromatic hydroxyl groups is 1. The minimum absolute atomic E-state index is 0.0549. The summed E-state index contributed by atoms with van der Waals surface area (Å²) >= 11 is 0. The zero-order valence-electron chi connectivity index (χ0n) is 47.3. The second-order valence-corrected chi connectivity index (χ2v) is 20.9. The molecule has 11 amide bonds. The van der Waals surface area contributed by atoms with Crippen LogP contribution in [0.1, 0.15) is 108 Å². The summed E-state index contributed by atoms with van der Waals surface area (Å²) in [6.07, 6.45) is -13.7. The van der Waals surface area contributed by atoms with Gasteiger partial charge in [0.15, 0.2) is 12.4 Å². The van der Waals surface area contributed by atoms with Gasteiger partial charge < -0.3 is 120 Å². The molecule has 86 heavy (non-hydrogen) atoms. The maximum atomic E-state index is 14.2. The third-order valence-corrected chi connectivity index (χ3v) is 13.9. The van der Waals surface area contributed by atoms with E-state index in [1.807, 2.05) is 21.3 Å². The molecule has 484 valence electrons. The van der Waals surface area contributed by atoms with Gasteiger partial charge in [0, 0.05) is 12.5 Å². The molecule has 0 spiro atoms. The highest BCUT2D eigenvalue weighted by molar-refractivity contribution is 6.00. The Kier molecular flexibility index (Phi) is 31.1. The first kappa shape index (κ1) is 73.0. The third kappa shape index (κ3) is 23.9. The van der Waals surface area contributed by atoms with Gasteiger partial charge in [-0.3, -0.25) is 52.7 Å². The molecule has 0 bridgehead atoms. The van der Waals surface area contributed by atoms with E-state index in [0.29, 0.717) is 12.8 Å². The topological polar surface area (TPSA) is 583 Å². The number of carbonyl (C=O) groups excluding carboxylic acids is 11. The number of hydrogen-bond donors (Lipinski definition) is 21. The molecule has 8 unspecified atom stereocenters. The molecule has 34 heteroatoms. The first-order valence-corrected chi connectivity index (χ1v) is 27.9. The van der Waals surface area contributed by atoms with Crippen LogP contribution < -0.4 is 59.7 Å². The first-order chi connectivity index (χ1) is 40.6. The maximum Gasteiger partial charge on any atom is 0.248 e. The Bertz CT molecular complexity index is 2450. The molecular formula is C52H83N11O23. The molecule has 16 atom stereocenters. The van der Waals surface area contributed by atoms with Gasteiger partial charge in [-0.05, 0) is 30.5 Å². The number of carbonyl (C=O) groups is 11. The smallest absolute Gasteiger partial charge is 0.248 e. The van der Waals surface area contributed by atoms with E-state index in [2.05, 4.69) is 28.2 Å². The highest BCUT2D eigenvalue weighted by Crippen LogP contribution is 2.25. The van der Waals surface area contributed by atoms with Gasteiger partial charge in [0.2, 0.25) is 65.0 Å². The number of aliphatic hydroxyl groups excluding tert-OH is 9. The van der Waals surface area contributed by atoms with Crippen molar-refractivity contribution >= 4 is 65.0 Å². The minimum atomic E-state index is -2.68. The lowest BCUT2D eigenvalue weighted by molar-refractivity contribution is -0.293. The summed E-state index contributed by atoms with van der Waals surface area (Å²) in [5, 5.41) is 124. The van der Waals surface area contributed by atoms with Crippen molar-refractivity contribution in [1.29, 1.82) is 0 Å². The van der Waals surface area contributed by atoms with Crippen molar-refractivity contribution in [1.82, 2.24) is 42.5 Å². The minimum Gasteiger partial charge on any atom is -0.508 e. The van der Waals surface area contributed by atoms with Crippen LogP contribution in [0.5, 0.6) is 5.75 Å². The van der Waals surface area contributed by atoms with E-state index in [4.69, 9.17) is 26.7 Å². The summed E-state index contributed by atoms with van der Waals surface area (Å²) in [6.45, 7) is -2.19.